The fraction of sp³-hybridized carbons (Fsp3) is 0.650. The van der Waals surface area contributed by atoms with Gasteiger partial charge in [-0.2, -0.15) is 0 Å². The van der Waals surface area contributed by atoms with Gasteiger partial charge < -0.3 is 19.5 Å². The van der Waals surface area contributed by atoms with Crippen LogP contribution in [0.3, 0.4) is 0 Å². The number of hydrogen-bond acceptors (Lipinski definition) is 5. The molecule has 1 aromatic rings. The summed E-state index contributed by atoms with van der Waals surface area (Å²) in [7, 11) is 0. The van der Waals surface area contributed by atoms with E-state index >= 15 is 0 Å². The minimum Gasteiger partial charge on any atom is -0.491 e. The van der Waals surface area contributed by atoms with Crippen molar-refractivity contribution in [1.29, 1.82) is 0 Å². The van der Waals surface area contributed by atoms with E-state index in [4.69, 9.17) is 9.47 Å². The van der Waals surface area contributed by atoms with Gasteiger partial charge in [0.25, 0.3) is 0 Å². The van der Waals surface area contributed by atoms with Crippen molar-refractivity contribution in [2.75, 3.05) is 45.9 Å². The van der Waals surface area contributed by atoms with Crippen LogP contribution in [0.5, 0.6) is 5.75 Å². The highest BCUT2D eigenvalue weighted by Gasteiger charge is 2.23. The van der Waals surface area contributed by atoms with Crippen LogP contribution in [0.25, 0.3) is 0 Å². The second kappa shape index (κ2) is 11.4. The summed E-state index contributed by atoms with van der Waals surface area (Å²) in [6, 6.07) is 6.21. The van der Waals surface area contributed by atoms with Crippen LogP contribution < -0.4 is 4.74 Å². The highest BCUT2D eigenvalue weighted by atomic mass is 35.5. The number of hydrogen-bond donors (Lipinski definition) is 1. The number of nitrogens with zero attached hydrogens (tertiary/aromatic N) is 2. The summed E-state index contributed by atoms with van der Waals surface area (Å²) in [5.41, 5.74) is 2.31. The fourth-order valence-electron chi connectivity index (χ4n) is 3.11. The smallest absolute Gasteiger partial charge is 0.409 e. The summed E-state index contributed by atoms with van der Waals surface area (Å²) in [4.78, 5) is 15.6. The molecular weight excluding hydrogens is 368 g/mol. The minimum absolute atomic E-state index is 0. The van der Waals surface area contributed by atoms with Gasteiger partial charge in [-0.15, -0.1) is 12.4 Å². The summed E-state index contributed by atoms with van der Waals surface area (Å²) >= 11 is 0. The molecule has 0 radical (unpaired) electrons. The van der Waals surface area contributed by atoms with Crippen LogP contribution in [0.15, 0.2) is 18.2 Å². The maximum absolute atomic E-state index is 11.7. The molecule has 7 heteroatoms. The lowest BCUT2D eigenvalue weighted by Crippen LogP contribution is -2.51. The van der Waals surface area contributed by atoms with Gasteiger partial charge in [0.15, 0.2) is 0 Å². The molecule has 0 saturated carbocycles. The minimum atomic E-state index is -0.565. The van der Waals surface area contributed by atoms with E-state index in [0.29, 0.717) is 32.2 Å². The number of rotatable bonds is 7. The Morgan fingerprint density at radius 1 is 1.22 bits per heavy atom. The Kier molecular flexibility index (Phi) is 9.91. The van der Waals surface area contributed by atoms with E-state index in [2.05, 4.69) is 30.9 Å². The van der Waals surface area contributed by atoms with Gasteiger partial charge in [0, 0.05) is 32.7 Å². The van der Waals surface area contributed by atoms with Crippen molar-refractivity contribution < 1.29 is 19.4 Å². The zero-order valence-electron chi connectivity index (χ0n) is 16.8. The molecule has 0 bridgehead atoms. The number of benzene rings is 1. The van der Waals surface area contributed by atoms with E-state index < -0.39 is 6.10 Å². The normalized spacial score (nSPS) is 16.0. The van der Waals surface area contributed by atoms with Crippen molar-refractivity contribution in [3.8, 4) is 5.75 Å². The van der Waals surface area contributed by atoms with E-state index in [1.807, 2.05) is 19.9 Å². The fourth-order valence-corrected chi connectivity index (χ4v) is 3.11. The highest BCUT2D eigenvalue weighted by Crippen LogP contribution is 2.27. The molecule has 1 aliphatic heterocycles. The van der Waals surface area contributed by atoms with Crippen LogP contribution in [0.2, 0.25) is 0 Å². The first kappa shape index (κ1) is 23.5. The molecule has 27 heavy (non-hydrogen) atoms. The van der Waals surface area contributed by atoms with E-state index in [-0.39, 0.29) is 25.1 Å². The van der Waals surface area contributed by atoms with Gasteiger partial charge in [0.05, 0.1) is 6.61 Å². The molecular formula is C20H33ClN2O4. The first-order valence-corrected chi connectivity index (χ1v) is 9.46. The van der Waals surface area contributed by atoms with Crippen molar-refractivity contribution in [2.24, 2.45) is 0 Å². The third-order valence-corrected chi connectivity index (χ3v) is 4.59. The first-order valence-electron chi connectivity index (χ1n) is 9.46. The summed E-state index contributed by atoms with van der Waals surface area (Å²) in [5, 5.41) is 10.3. The number of ether oxygens (including phenoxy) is 2. The predicted molar refractivity (Wildman–Crippen MR) is 109 cm³/mol. The highest BCUT2D eigenvalue weighted by molar-refractivity contribution is 5.85. The molecule has 0 aromatic heterocycles. The molecule has 1 saturated heterocycles. The van der Waals surface area contributed by atoms with Crippen LogP contribution in [0.4, 0.5) is 4.79 Å². The van der Waals surface area contributed by atoms with Gasteiger partial charge in [0.2, 0.25) is 0 Å². The lowest BCUT2D eigenvalue weighted by molar-refractivity contribution is 0.0405. The Bertz CT molecular complexity index is 589. The molecule has 2 rings (SSSR count). The first-order chi connectivity index (χ1) is 12.4. The number of halogens is 1. The summed E-state index contributed by atoms with van der Waals surface area (Å²) < 4.78 is 10.9. The van der Waals surface area contributed by atoms with Crippen LogP contribution in [-0.2, 0) is 4.74 Å². The van der Waals surface area contributed by atoms with Gasteiger partial charge in [-0.25, -0.2) is 4.79 Å². The van der Waals surface area contributed by atoms with Crippen LogP contribution in [0, 0.1) is 6.92 Å². The quantitative estimate of drug-likeness (QED) is 0.762. The number of β-amino-alcohol motifs (C(OH)–C–C–N with tert-alkyl or cyclic N) is 1. The zero-order valence-corrected chi connectivity index (χ0v) is 17.6. The molecule has 1 N–H and O–H groups in total. The third kappa shape index (κ3) is 7.20. The molecule has 0 spiro atoms. The van der Waals surface area contributed by atoms with Crippen molar-refractivity contribution >= 4 is 18.5 Å². The maximum atomic E-state index is 11.7. The number of aliphatic hydroxyl groups is 1. The monoisotopic (exact) mass is 400 g/mol. The average Bonchev–Trinajstić information content (AvgIpc) is 2.60. The van der Waals surface area contributed by atoms with Crippen molar-refractivity contribution in [3.63, 3.8) is 0 Å². The van der Waals surface area contributed by atoms with E-state index in [0.717, 1.165) is 30.0 Å². The standard InChI is InChI=1S/C20H32N2O4.ClH/c1-5-25-20(24)22-10-8-21(9-11-22)13-17(23)14-26-19-12-16(4)6-7-18(19)15(2)3;/h6-7,12,15,17,23H,5,8-11,13-14H2,1-4H3;1H. The molecule has 6 nitrogen and oxygen atoms in total. The topological polar surface area (TPSA) is 62.2 Å². The molecule has 1 unspecified atom stereocenters. The molecule has 1 aliphatic rings. The van der Waals surface area contributed by atoms with Gasteiger partial charge in [-0.1, -0.05) is 26.0 Å². The number of piperazine rings is 1. The molecule has 1 amide bonds. The lowest BCUT2D eigenvalue weighted by atomic mass is 10.0. The zero-order chi connectivity index (χ0) is 19.1. The van der Waals surface area contributed by atoms with E-state index in [9.17, 15) is 9.90 Å². The SMILES string of the molecule is CCOC(=O)N1CCN(CC(O)COc2cc(C)ccc2C(C)C)CC1.Cl. The Morgan fingerprint density at radius 3 is 2.48 bits per heavy atom. The molecule has 0 aliphatic carbocycles. The number of carbonyl (C=O) groups is 1. The largest absolute Gasteiger partial charge is 0.491 e. The van der Waals surface area contributed by atoms with Crippen molar-refractivity contribution in [2.45, 2.75) is 39.7 Å². The van der Waals surface area contributed by atoms with Crippen LogP contribution in [0.1, 0.15) is 37.8 Å². The number of aliphatic hydroxyl groups excluding tert-OH is 1. The van der Waals surface area contributed by atoms with Crippen molar-refractivity contribution in [3.05, 3.63) is 29.3 Å². The van der Waals surface area contributed by atoms with Crippen LogP contribution in [-0.4, -0.2) is 73.0 Å². The molecule has 1 heterocycles. The Hall–Kier alpha value is -1.50. The van der Waals surface area contributed by atoms with Gasteiger partial charge in [0.1, 0.15) is 18.5 Å². The number of aryl methyl sites for hydroxylation is 1. The van der Waals surface area contributed by atoms with E-state index in [1.165, 1.54) is 0 Å². The molecule has 1 atom stereocenters. The number of carbonyl (C=O) groups excluding carboxylic acids is 1. The van der Waals surface area contributed by atoms with Crippen LogP contribution >= 0.6 is 12.4 Å². The second-order valence-corrected chi connectivity index (χ2v) is 7.15. The lowest BCUT2D eigenvalue weighted by Gasteiger charge is -2.34. The summed E-state index contributed by atoms with van der Waals surface area (Å²) in [6.07, 6.45) is -0.818. The van der Waals surface area contributed by atoms with E-state index in [1.54, 1.807) is 4.90 Å². The second-order valence-electron chi connectivity index (χ2n) is 7.15. The molecule has 154 valence electrons. The summed E-state index contributed by atoms with van der Waals surface area (Å²) in [6.45, 7) is 12.0. The predicted octanol–water partition coefficient (Wildman–Crippen LogP) is 3.05. The Morgan fingerprint density at radius 2 is 1.89 bits per heavy atom. The Balaban J connectivity index is 0.00000364. The summed E-state index contributed by atoms with van der Waals surface area (Å²) in [5.74, 6) is 1.23. The maximum Gasteiger partial charge on any atom is 0.409 e. The van der Waals surface area contributed by atoms with Crippen molar-refractivity contribution in [1.82, 2.24) is 9.80 Å². The van der Waals surface area contributed by atoms with Gasteiger partial charge in [-0.3, -0.25) is 4.90 Å². The van der Waals surface area contributed by atoms with Gasteiger partial charge >= 0.3 is 6.09 Å². The van der Waals surface area contributed by atoms with Gasteiger partial charge in [-0.05, 0) is 37.0 Å². The third-order valence-electron chi connectivity index (χ3n) is 4.59. The Labute approximate surface area is 168 Å². The average molecular weight is 401 g/mol. The number of amides is 1. The molecule has 1 aromatic carbocycles. The molecule has 1 fully saturated rings.